The highest BCUT2D eigenvalue weighted by Crippen LogP contribution is 2.26. The molecule has 0 spiro atoms. The van der Waals surface area contributed by atoms with Gasteiger partial charge in [-0.3, -0.25) is 4.79 Å². The summed E-state index contributed by atoms with van der Waals surface area (Å²) in [7, 11) is -3.73. The Morgan fingerprint density at radius 1 is 1.09 bits per heavy atom. The van der Waals surface area contributed by atoms with Gasteiger partial charge in [0.1, 0.15) is 5.75 Å². The number of benzene rings is 2. The number of carbonyl (C=O) groups excluding carboxylic acids is 1. The van der Waals surface area contributed by atoms with Crippen LogP contribution in [0.4, 0.5) is 0 Å². The third-order valence-electron chi connectivity index (χ3n) is 3.03. The van der Waals surface area contributed by atoms with E-state index in [-0.39, 0.29) is 4.34 Å². The van der Waals surface area contributed by atoms with E-state index in [0.29, 0.717) is 11.1 Å². The molecular weight excluding hydrogens is 386 g/mol. The normalized spacial score (nSPS) is 11.7. The molecule has 7 heteroatoms. The number of fused-ring (bicyclic) bond motifs is 1. The van der Waals surface area contributed by atoms with E-state index in [9.17, 15) is 13.2 Å². The molecule has 112 valence electrons. The largest absolute Gasteiger partial charge is 0.293 e. The van der Waals surface area contributed by atoms with Crippen LogP contribution in [0, 0.1) is 0 Å². The average molecular weight is 396 g/mol. The highest BCUT2D eigenvalue weighted by molar-refractivity contribution is 9.10. The van der Waals surface area contributed by atoms with E-state index in [4.69, 9.17) is 0 Å². The lowest BCUT2D eigenvalue weighted by molar-refractivity contribution is 0.102. The van der Waals surface area contributed by atoms with Crippen molar-refractivity contribution in [1.29, 1.82) is 0 Å². The molecule has 0 aliphatic rings. The van der Waals surface area contributed by atoms with Gasteiger partial charge in [-0.25, -0.2) is 13.4 Å². The Kier molecular flexibility index (Phi) is 4.12. The zero-order valence-electron chi connectivity index (χ0n) is 11.2. The Balaban J connectivity index is 1.89. The molecule has 0 unspecified atom stereocenters. The van der Waals surface area contributed by atoms with Crippen LogP contribution in [0.1, 0.15) is 10.4 Å². The number of ketones is 1. The van der Waals surface area contributed by atoms with Gasteiger partial charge < -0.3 is 0 Å². The van der Waals surface area contributed by atoms with E-state index >= 15 is 0 Å². The lowest BCUT2D eigenvalue weighted by atomic mass is 10.2. The molecule has 1 heterocycles. The SMILES string of the molecule is O=C(CS(=O)(=O)c1nc2ccccc2s1)c1ccc(Br)cc1. The molecule has 0 saturated heterocycles. The third-order valence-corrected chi connectivity index (χ3v) is 6.66. The number of thiazole rings is 1. The molecule has 2 aromatic carbocycles. The number of hydrogen-bond donors (Lipinski definition) is 0. The number of hydrogen-bond acceptors (Lipinski definition) is 5. The average Bonchev–Trinajstić information content (AvgIpc) is 2.92. The number of aromatic nitrogens is 1. The first-order valence-electron chi connectivity index (χ1n) is 6.33. The Bertz CT molecular complexity index is 913. The number of carbonyl (C=O) groups is 1. The first kappa shape index (κ1) is 15.3. The quantitative estimate of drug-likeness (QED) is 0.631. The van der Waals surface area contributed by atoms with Crippen molar-refractivity contribution >= 4 is 53.1 Å². The summed E-state index contributed by atoms with van der Waals surface area (Å²) >= 11 is 4.36. The van der Waals surface area contributed by atoms with Gasteiger partial charge in [-0.05, 0) is 24.3 Å². The molecule has 0 aliphatic heterocycles. The summed E-state index contributed by atoms with van der Waals surface area (Å²) in [6.45, 7) is 0. The molecule has 0 bridgehead atoms. The number of rotatable bonds is 4. The fourth-order valence-corrected chi connectivity index (χ4v) is 4.73. The van der Waals surface area contributed by atoms with E-state index in [1.54, 1.807) is 36.4 Å². The van der Waals surface area contributed by atoms with Gasteiger partial charge in [-0.1, -0.05) is 40.2 Å². The van der Waals surface area contributed by atoms with Crippen molar-refractivity contribution in [2.24, 2.45) is 0 Å². The van der Waals surface area contributed by atoms with Crippen LogP contribution in [0.3, 0.4) is 0 Å². The second-order valence-electron chi connectivity index (χ2n) is 4.64. The standard InChI is InChI=1S/C15H10BrNO3S2/c16-11-7-5-10(6-8-11)13(18)9-22(19,20)15-17-12-3-1-2-4-14(12)21-15/h1-8H,9H2. The van der Waals surface area contributed by atoms with Crippen molar-refractivity contribution in [3.63, 3.8) is 0 Å². The van der Waals surface area contributed by atoms with E-state index in [1.807, 2.05) is 12.1 Å². The van der Waals surface area contributed by atoms with E-state index in [2.05, 4.69) is 20.9 Å². The van der Waals surface area contributed by atoms with Crippen LogP contribution in [0.15, 0.2) is 57.3 Å². The topological polar surface area (TPSA) is 64.1 Å². The Morgan fingerprint density at radius 2 is 1.77 bits per heavy atom. The first-order valence-corrected chi connectivity index (χ1v) is 9.59. The fourth-order valence-electron chi connectivity index (χ4n) is 1.94. The minimum absolute atomic E-state index is 0.0147. The predicted molar refractivity (Wildman–Crippen MR) is 90.1 cm³/mol. The van der Waals surface area contributed by atoms with Gasteiger partial charge >= 0.3 is 0 Å². The Hall–Kier alpha value is -1.57. The number of sulfone groups is 1. The van der Waals surface area contributed by atoms with Crippen LogP contribution >= 0.6 is 27.3 Å². The van der Waals surface area contributed by atoms with Crippen LogP contribution in [0.2, 0.25) is 0 Å². The summed E-state index contributed by atoms with van der Waals surface area (Å²) in [6.07, 6.45) is 0. The van der Waals surface area contributed by atoms with E-state index < -0.39 is 21.4 Å². The fraction of sp³-hybridized carbons (Fsp3) is 0.0667. The van der Waals surface area contributed by atoms with Crippen molar-refractivity contribution in [2.75, 3.05) is 5.75 Å². The summed E-state index contributed by atoms with van der Waals surface area (Å²) in [5, 5.41) is 0. The molecule has 0 amide bonds. The lowest BCUT2D eigenvalue weighted by Crippen LogP contribution is -2.16. The molecule has 3 rings (SSSR count). The summed E-state index contributed by atoms with van der Waals surface area (Å²) in [5.74, 6) is -1.01. The zero-order valence-corrected chi connectivity index (χ0v) is 14.4. The minimum Gasteiger partial charge on any atom is -0.293 e. The Morgan fingerprint density at radius 3 is 2.45 bits per heavy atom. The molecule has 3 aromatic rings. The molecule has 0 saturated carbocycles. The van der Waals surface area contributed by atoms with Gasteiger partial charge in [0.2, 0.25) is 14.2 Å². The predicted octanol–water partition coefficient (Wildman–Crippen LogP) is 3.72. The van der Waals surface area contributed by atoms with Crippen LogP contribution in [-0.2, 0) is 9.84 Å². The number of para-hydroxylation sites is 1. The number of nitrogens with zero attached hydrogens (tertiary/aromatic N) is 1. The molecule has 0 radical (unpaired) electrons. The van der Waals surface area contributed by atoms with Crippen LogP contribution in [0.25, 0.3) is 10.2 Å². The van der Waals surface area contributed by atoms with Crippen LogP contribution in [-0.4, -0.2) is 24.9 Å². The van der Waals surface area contributed by atoms with Gasteiger partial charge in [-0.15, -0.1) is 11.3 Å². The second-order valence-corrected chi connectivity index (χ2v) is 8.75. The number of halogens is 1. The van der Waals surface area contributed by atoms with Gasteiger partial charge in [0.05, 0.1) is 10.2 Å². The molecule has 0 fully saturated rings. The minimum atomic E-state index is -3.73. The second kappa shape index (κ2) is 5.91. The van der Waals surface area contributed by atoms with E-state index in [1.165, 1.54) is 0 Å². The van der Waals surface area contributed by atoms with Crippen LogP contribution in [0.5, 0.6) is 0 Å². The van der Waals surface area contributed by atoms with Crippen molar-refractivity contribution in [3.8, 4) is 0 Å². The highest BCUT2D eigenvalue weighted by Gasteiger charge is 2.24. The third kappa shape index (κ3) is 3.11. The first-order chi connectivity index (χ1) is 10.5. The maximum Gasteiger partial charge on any atom is 0.212 e. The maximum atomic E-state index is 12.4. The zero-order chi connectivity index (χ0) is 15.7. The van der Waals surface area contributed by atoms with Gasteiger partial charge in [0.25, 0.3) is 0 Å². The van der Waals surface area contributed by atoms with Gasteiger partial charge in [0.15, 0.2) is 5.78 Å². The monoisotopic (exact) mass is 395 g/mol. The summed E-state index contributed by atoms with van der Waals surface area (Å²) in [4.78, 5) is 16.3. The Labute approximate surface area is 139 Å². The smallest absolute Gasteiger partial charge is 0.212 e. The lowest BCUT2D eigenvalue weighted by Gasteiger charge is -2.01. The van der Waals surface area contributed by atoms with Crippen LogP contribution < -0.4 is 0 Å². The van der Waals surface area contributed by atoms with E-state index in [0.717, 1.165) is 20.5 Å². The van der Waals surface area contributed by atoms with Gasteiger partial charge in [-0.2, -0.15) is 0 Å². The summed E-state index contributed by atoms with van der Waals surface area (Å²) in [5.41, 5.74) is 0.995. The highest BCUT2D eigenvalue weighted by atomic mass is 79.9. The van der Waals surface area contributed by atoms with Crippen molar-refractivity contribution in [1.82, 2.24) is 4.98 Å². The maximum absolute atomic E-state index is 12.4. The van der Waals surface area contributed by atoms with Crippen molar-refractivity contribution in [3.05, 3.63) is 58.6 Å². The molecular formula is C15H10BrNO3S2. The molecule has 0 aliphatic carbocycles. The molecule has 1 aromatic heterocycles. The molecule has 0 atom stereocenters. The van der Waals surface area contributed by atoms with Gasteiger partial charge in [0, 0.05) is 10.0 Å². The molecule has 0 N–H and O–H groups in total. The summed E-state index contributed by atoms with van der Waals surface area (Å²) < 4.78 is 26.3. The van der Waals surface area contributed by atoms with Crippen molar-refractivity contribution in [2.45, 2.75) is 4.34 Å². The molecule has 22 heavy (non-hydrogen) atoms. The van der Waals surface area contributed by atoms with Crippen molar-refractivity contribution < 1.29 is 13.2 Å². The molecule has 4 nitrogen and oxygen atoms in total. The number of Topliss-reactive ketones (excluding diaryl/α,β-unsaturated/α-hetero) is 1. The summed E-state index contributed by atoms with van der Waals surface area (Å²) in [6, 6.07) is 13.8.